The Bertz CT molecular complexity index is 911. The lowest BCUT2D eigenvalue weighted by molar-refractivity contribution is 0.0671. The molecular formula is C22H29ClN6O2. The van der Waals surface area contributed by atoms with Crippen molar-refractivity contribution in [1.82, 2.24) is 4.90 Å². The fourth-order valence-electron chi connectivity index (χ4n) is 3.55. The Hall–Kier alpha value is -2.97. The maximum Gasteiger partial charge on any atom is 0.222 e. The van der Waals surface area contributed by atoms with E-state index in [1.165, 1.54) is 5.56 Å². The fourth-order valence-corrected chi connectivity index (χ4v) is 3.55. The maximum atomic E-state index is 6.13. The van der Waals surface area contributed by atoms with Gasteiger partial charge in [-0.15, -0.1) is 12.4 Å². The molecule has 2 aromatic carbocycles. The monoisotopic (exact) mass is 444 g/mol. The maximum absolute atomic E-state index is 6.13. The van der Waals surface area contributed by atoms with Gasteiger partial charge in [0.2, 0.25) is 18.2 Å². The molecule has 2 aliphatic rings. The van der Waals surface area contributed by atoms with Crippen molar-refractivity contribution in [1.29, 1.82) is 0 Å². The van der Waals surface area contributed by atoms with Crippen LogP contribution in [-0.4, -0.2) is 56.5 Å². The first kappa shape index (κ1) is 22.7. The van der Waals surface area contributed by atoms with E-state index < -0.39 is 6.29 Å². The van der Waals surface area contributed by atoms with Crippen molar-refractivity contribution in [3.63, 3.8) is 0 Å². The Labute approximate surface area is 189 Å². The zero-order valence-electron chi connectivity index (χ0n) is 17.8. The van der Waals surface area contributed by atoms with Gasteiger partial charge in [0.1, 0.15) is 5.75 Å². The van der Waals surface area contributed by atoms with Crippen molar-refractivity contribution >= 4 is 35.7 Å². The third-order valence-electron chi connectivity index (χ3n) is 5.23. The number of aliphatic imine (C=N–C) groups is 2. The average Bonchev–Trinajstić information content (AvgIpc) is 2.80. The lowest BCUT2D eigenvalue weighted by atomic mass is 10.1. The number of guanidine groups is 2. The van der Waals surface area contributed by atoms with Gasteiger partial charge in [0.05, 0.1) is 20.3 Å². The number of rotatable bonds is 5. The number of methoxy groups -OCH3 is 1. The van der Waals surface area contributed by atoms with E-state index in [2.05, 4.69) is 56.3 Å². The second-order valence-electron chi connectivity index (χ2n) is 7.14. The number of anilines is 2. The summed E-state index contributed by atoms with van der Waals surface area (Å²) in [6.45, 7) is 4.95. The van der Waals surface area contributed by atoms with E-state index in [-0.39, 0.29) is 18.4 Å². The molecule has 31 heavy (non-hydrogen) atoms. The van der Waals surface area contributed by atoms with Crippen LogP contribution in [0.5, 0.6) is 5.75 Å². The van der Waals surface area contributed by atoms with Gasteiger partial charge in [0.15, 0.2) is 0 Å². The summed E-state index contributed by atoms with van der Waals surface area (Å²) in [5, 5.41) is 3.50. The van der Waals surface area contributed by atoms with Gasteiger partial charge >= 0.3 is 0 Å². The van der Waals surface area contributed by atoms with Crippen molar-refractivity contribution in [3.8, 4) is 5.75 Å². The third kappa shape index (κ3) is 5.21. The zero-order chi connectivity index (χ0) is 20.9. The summed E-state index contributed by atoms with van der Waals surface area (Å²) in [6, 6.07) is 16.2. The molecule has 0 bridgehead atoms. The molecule has 3 N–H and O–H groups in total. The first-order chi connectivity index (χ1) is 14.7. The summed E-state index contributed by atoms with van der Waals surface area (Å²) in [7, 11) is 1.66. The van der Waals surface area contributed by atoms with E-state index in [0.717, 1.165) is 42.6 Å². The molecule has 0 aromatic heterocycles. The number of nitrogens with two attached hydrogens (primary N) is 1. The van der Waals surface area contributed by atoms with Crippen LogP contribution in [0.3, 0.4) is 0 Å². The quantitative estimate of drug-likeness (QED) is 0.737. The zero-order valence-corrected chi connectivity index (χ0v) is 18.6. The summed E-state index contributed by atoms with van der Waals surface area (Å²) in [4.78, 5) is 13.4. The molecule has 8 nitrogen and oxygen atoms in total. The molecule has 0 radical (unpaired) electrons. The Balaban J connectivity index is 0.00000272. The molecule has 0 spiro atoms. The molecule has 1 fully saturated rings. The molecule has 2 heterocycles. The molecule has 1 atom stereocenters. The number of ether oxygens (including phenoxy) is 2. The molecule has 2 aromatic rings. The second-order valence-corrected chi connectivity index (χ2v) is 7.14. The summed E-state index contributed by atoms with van der Waals surface area (Å²) in [6.07, 6.45) is 0.571. The highest BCUT2D eigenvalue weighted by Crippen LogP contribution is 2.26. The highest BCUT2D eigenvalue weighted by molar-refractivity contribution is 6.06. The van der Waals surface area contributed by atoms with E-state index in [1.807, 2.05) is 24.3 Å². The van der Waals surface area contributed by atoms with Crippen molar-refractivity contribution in [2.75, 3.05) is 43.6 Å². The van der Waals surface area contributed by atoms with E-state index in [1.54, 1.807) is 7.11 Å². The first-order valence-electron chi connectivity index (χ1n) is 10.2. The number of morpholine rings is 1. The van der Waals surface area contributed by atoms with Crippen molar-refractivity contribution in [2.24, 2.45) is 15.7 Å². The van der Waals surface area contributed by atoms with Crippen LogP contribution in [0.15, 0.2) is 58.5 Å². The lowest BCUT2D eigenvalue weighted by Gasteiger charge is -2.41. The van der Waals surface area contributed by atoms with Crippen LogP contribution in [-0.2, 0) is 11.2 Å². The molecule has 4 rings (SSSR count). The third-order valence-corrected chi connectivity index (χ3v) is 5.23. The van der Waals surface area contributed by atoms with Crippen molar-refractivity contribution < 1.29 is 9.47 Å². The van der Waals surface area contributed by atoms with Crippen LogP contribution < -0.4 is 20.7 Å². The Morgan fingerprint density at radius 2 is 1.77 bits per heavy atom. The fraction of sp³-hybridized carbons (Fsp3) is 0.364. The highest BCUT2D eigenvalue weighted by Gasteiger charge is 2.32. The summed E-state index contributed by atoms with van der Waals surface area (Å²) in [5.41, 5.74) is 9.32. The van der Waals surface area contributed by atoms with Gasteiger partial charge in [-0.3, -0.25) is 4.90 Å². The SMILES string of the molecule is CCc1ccc(NC2N=C(N)N=C(N3CCOCC3)N2c2ccc(OC)cc2)cc1.Cl. The normalized spacial score (nSPS) is 18.6. The van der Waals surface area contributed by atoms with Crippen LogP contribution in [0.4, 0.5) is 11.4 Å². The molecule has 2 aliphatic heterocycles. The number of aryl methyl sites for hydroxylation is 1. The molecule has 0 aliphatic carbocycles. The number of hydrogen-bond acceptors (Lipinski definition) is 8. The van der Waals surface area contributed by atoms with Gasteiger partial charge in [0.25, 0.3) is 0 Å². The molecule has 1 saturated heterocycles. The molecule has 9 heteroatoms. The van der Waals surface area contributed by atoms with Crippen molar-refractivity contribution in [3.05, 3.63) is 54.1 Å². The molecule has 0 amide bonds. The van der Waals surface area contributed by atoms with Crippen LogP contribution in [0, 0.1) is 0 Å². The highest BCUT2D eigenvalue weighted by atomic mass is 35.5. The minimum atomic E-state index is -0.429. The topological polar surface area (TPSA) is 87.7 Å². The molecule has 1 unspecified atom stereocenters. The van der Waals surface area contributed by atoms with E-state index in [9.17, 15) is 0 Å². The Morgan fingerprint density at radius 1 is 1.10 bits per heavy atom. The smallest absolute Gasteiger partial charge is 0.222 e. The van der Waals surface area contributed by atoms with E-state index in [0.29, 0.717) is 13.2 Å². The summed E-state index contributed by atoms with van der Waals surface area (Å²) in [5.74, 6) is 1.81. The number of hydrogen-bond donors (Lipinski definition) is 2. The van der Waals surface area contributed by atoms with Crippen LogP contribution in [0.2, 0.25) is 0 Å². The lowest BCUT2D eigenvalue weighted by Crippen LogP contribution is -2.57. The number of benzene rings is 2. The van der Waals surface area contributed by atoms with E-state index >= 15 is 0 Å². The Morgan fingerprint density at radius 3 is 2.39 bits per heavy atom. The molecule has 166 valence electrons. The van der Waals surface area contributed by atoms with Gasteiger partial charge in [-0.25, -0.2) is 4.99 Å². The Kier molecular flexibility index (Phi) is 7.59. The van der Waals surface area contributed by atoms with Gasteiger partial charge in [-0.2, -0.15) is 4.99 Å². The van der Waals surface area contributed by atoms with Gasteiger partial charge in [0, 0.05) is 24.5 Å². The van der Waals surface area contributed by atoms with E-state index in [4.69, 9.17) is 15.2 Å². The van der Waals surface area contributed by atoms with Gasteiger partial charge in [-0.05, 0) is 48.4 Å². The minimum absolute atomic E-state index is 0. The molecular weight excluding hydrogens is 416 g/mol. The van der Waals surface area contributed by atoms with Gasteiger partial charge < -0.3 is 25.4 Å². The van der Waals surface area contributed by atoms with Crippen LogP contribution >= 0.6 is 12.4 Å². The number of halogens is 1. The van der Waals surface area contributed by atoms with Crippen LogP contribution in [0.1, 0.15) is 12.5 Å². The van der Waals surface area contributed by atoms with Crippen molar-refractivity contribution in [2.45, 2.75) is 19.6 Å². The standard InChI is InChI=1S/C22H28N6O2.ClH/c1-3-16-4-6-17(7-5-16)24-21-25-20(23)26-22(27-12-14-30-15-13-27)28(21)18-8-10-19(29-2)11-9-18;/h4-11,21,24H,3,12-15H2,1-2H3,(H2,23,25);1H. The second kappa shape index (κ2) is 10.4. The number of nitrogens with one attached hydrogen (secondary N) is 1. The predicted molar refractivity (Wildman–Crippen MR) is 127 cm³/mol. The van der Waals surface area contributed by atoms with Crippen LogP contribution in [0.25, 0.3) is 0 Å². The first-order valence-corrected chi connectivity index (χ1v) is 10.2. The largest absolute Gasteiger partial charge is 0.497 e. The summed E-state index contributed by atoms with van der Waals surface area (Å²) >= 11 is 0. The molecule has 0 saturated carbocycles. The van der Waals surface area contributed by atoms with Gasteiger partial charge in [-0.1, -0.05) is 19.1 Å². The minimum Gasteiger partial charge on any atom is -0.497 e. The average molecular weight is 445 g/mol. The predicted octanol–water partition coefficient (Wildman–Crippen LogP) is 2.90. The summed E-state index contributed by atoms with van der Waals surface area (Å²) < 4.78 is 10.8. The number of nitrogens with zero attached hydrogens (tertiary/aromatic N) is 4.